The van der Waals surface area contributed by atoms with Crippen LogP contribution in [0.5, 0.6) is 0 Å². The minimum atomic E-state index is -0.199. The number of piperidine rings is 1. The van der Waals surface area contributed by atoms with Crippen LogP contribution in [0.4, 0.5) is 10.2 Å². The highest BCUT2D eigenvalue weighted by Crippen LogP contribution is 2.18. The summed E-state index contributed by atoms with van der Waals surface area (Å²) in [6.07, 6.45) is 3.97. The van der Waals surface area contributed by atoms with Crippen LogP contribution in [-0.4, -0.2) is 48.9 Å². The molecular formula is C21H29FIN5S. The van der Waals surface area contributed by atoms with E-state index in [4.69, 9.17) is 4.99 Å². The largest absolute Gasteiger partial charge is 0.357 e. The summed E-state index contributed by atoms with van der Waals surface area (Å²) in [5.41, 5.74) is 0. The molecular weight excluding hydrogens is 500 g/mol. The highest BCUT2D eigenvalue weighted by molar-refractivity contribution is 14.0. The average molecular weight is 529 g/mol. The first-order chi connectivity index (χ1) is 13.7. The summed E-state index contributed by atoms with van der Waals surface area (Å²) >= 11 is 1.69. The van der Waals surface area contributed by atoms with Crippen LogP contribution in [0.2, 0.25) is 0 Å². The van der Waals surface area contributed by atoms with E-state index in [1.54, 1.807) is 11.8 Å². The van der Waals surface area contributed by atoms with Gasteiger partial charge in [-0.05, 0) is 56.2 Å². The maximum absolute atomic E-state index is 13.0. The average Bonchev–Trinajstić information content (AvgIpc) is 2.74. The van der Waals surface area contributed by atoms with Crippen LogP contribution >= 0.6 is 35.7 Å². The number of aliphatic imine (C=N–C) groups is 1. The molecule has 1 saturated heterocycles. The number of thioether (sulfide) groups is 1. The lowest BCUT2D eigenvalue weighted by atomic mass is 10.1. The predicted molar refractivity (Wildman–Crippen MR) is 131 cm³/mol. The standard InChI is InChI=1S/C21H28FN5S.HI/c1-2-23-21(25-13-16-28-19-8-6-17(22)7-9-19)26-18-10-14-27(15-11-18)20-5-3-4-12-24-20;/h3-9,12,18H,2,10-11,13-16H2,1H3,(H2,23,25,26);1H. The molecule has 158 valence electrons. The van der Waals surface area contributed by atoms with Crippen LogP contribution in [0.25, 0.3) is 0 Å². The highest BCUT2D eigenvalue weighted by atomic mass is 127. The van der Waals surface area contributed by atoms with Gasteiger partial charge in [0, 0.05) is 42.5 Å². The van der Waals surface area contributed by atoms with Gasteiger partial charge in [-0.15, -0.1) is 35.7 Å². The van der Waals surface area contributed by atoms with Crippen LogP contribution in [0.1, 0.15) is 19.8 Å². The molecule has 0 bridgehead atoms. The van der Waals surface area contributed by atoms with Gasteiger partial charge in [-0.25, -0.2) is 9.37 Å². The molecule has 5 nitrogen and oxygen atoms in total. The van der Waals surface area contributed by atoms with Crippen molar-refractivity contribution in [2.45, 2.75) is 30.7 Å². The Morgan fingerprint density at radius 2 is 1.97 bits per heavy atom. The summed E-state index contributed by atoms with van der Waals surface area (Å²) in [5.74, 6) is 2.59. The van der Waals surface area contributed by atoms with Crippen molar-refractivity contribution in [3.8, 4) is 0 Å². The van der Waals surface area contributed by atoms with Crippen molar-refractivity contribution in [2.75, 3.05) is 36.8 Å². The number of halogens is 2. The van der Waals surface area contributed by atoms with Gasteiger partial charge in [-0.1, -0.05) is 6.07 Å². The van der Waals surface area contributed by atoms with E-state index in [9.17, 15) is 4.39 Å². The number of hydrogen-bond donors (Lipinski definition) is 2. The van der Waals surface area contributed by atoms with Crippen LogP contribution in [0.3, 0.4) is 0 Å². The van der Waals surface area contributed by atoms with Crippen LogP contribution in [0.15, 0.2) is 58.5 Å². The van der Waals surface area contributed by atoms with Gasteiger partial charge in [0.05, 0.1) is 6.54 Å². The van der Waals surface area contributed by atoms with Gasteiger partial charge in [0.2, 0.25) is 0 Å². The lowest BCUT2D eigenvalue weighted by Crippen LogP contribution is -2.49. The predicted octanol–water partition coefficient (Wildman–Crippen LogP) is 4.15. The molecule has 1 aromatic carbocycles. The fourth-order valence-electron chi connectivity index (χ4n) is 3.16. The third kappa shape index (κ3) is 8.00. The zero-order chi connectivity index (χ0) is 19.6. The number of rotatable bonds is 7. The second-order valence-corrected chi connectivity index (χ2v) is 7.82. The first kappa shape index (κ1) is 23.7. The number of nitrogens with one attached hydrogen (secondary N) is 2. The van der Waals surface area contributed by atoms with Gasteiger partial charge < -0.3 is 15.5 Å². The van der Waals surface area contributed by atoms with E-state index in [1.807, 2.05) is 30.5 Å². The zero-order valence-electron chi connectivity index (χ0n) is 16.7. The minimum absolute atomic E-state index is 0. The molecule has 0 unspecified atom stereocenters. The number of benzene rings is 1. The summed E-state index contributed by atoms with van der Waals surface area (Å²) in [4.78, 5) is 12.5. The van der Waals surface area contributed by atoms with Crippen molar-refractivity contribution in [1.29, 1.82) is 0 Å². The third-order valence-electron chi connectivity index (χ3n) is 4.60. The molecule has 0 amide bonds. The van der Waals surface area contributed by atoms with Crippen molar-refractivity contribution < 1.29 is 4.39 Å². The number of anilines is 1. The summed E-state index contributed by atoms with van der Waals surface area (Å²) in [7, 11) is 0. The van der Waals surface area contributed by atoms with E-state index < -0.39 is 0 Å². The topological polar surface area (TPSA) is 52.6 Å². The number of hydrogen-bond acceptors (Lipinski definition) is 4. The lowest BCUT2D eigenvalue weighted by Gasteiger charge is -2.33. The van der Waals surface area contributed by atoms with Gasteiger partial charge in [-0.3, -0.25) is 4.99 Å². The Morgan fingerprint density at radius 1 is 1.21 bits per heavy atom. The SMILES string of the molecule is CCNC(=NCCSc1ccc(F)cc1)NC1CCN(c2ccccn2)CC1.I. The van der Waals surface area contributed by atoms with E-state index in [2.05, 4.69) is 33.5 Å². The highest BCUT2D eigenvalue weighted by Gasteiger charge is 2.20. The minimum Gasteiger partial charge on any atom is -0.357 e. The normalized spacial score (nSPS) is 15.0. The molecule has 3 rings (SSSR count). The molecule has 0 atom stereocenters. The number of aromatic nitrogens is 1. The molecule has 2 N–H and O–H groups in total. The van der Waals surface area contributed by atoms with E-state index in [-0.39, 0.29) is 29.8 Å². The Kier molecular flexibility index (Phi) is 10.5. The molecule has 8 heteroatoms. The summed E-state index contributed by atoms with van der Waals surface area (Å²) in [5, 5.41) is 6.90. The summed E-state index contributed by atoms with van der Waals surface area (Å²) < 4.78 is 13.0. The first-order valence-electron chi connectivity index (χ1n) is 9.84. The fourth-order valence-corrected chi connectivity index (χ4v) is 3.91. The van der Waals surface area contributed by atoms with E-state index >= 15 is 0 Å². The van der Waals surface area contributed by atoms with E-state index in [0.29, 0.717) is 12.6 Å². The number of nitrogens with zero attached hydrogens (tertiary/aromatic N) is 3. The molecule has 29 heavy (non-hydrogen) atoms. The third-order valence-corrected chi connectivity index (χ3v) is 5.59. The Balaban J connectivity index is 0.00000300. The van der Waals surface area contributed by atoms with Crippen molar-refractivity contribution in [2.24, 2.45) is 4.99 Å². The van der Waals surface area contributed by atoms with Crippen LogP contribution in [-0.2, 0) is 0 Å². The van der Waals surface area contributed by atoms with Gasteiger partial charge >= 0.3 is 0 Å². The van der Waals surface area contributed by atoms with Gasteiger partial charge in [0.25, 0.3) is 0 Å². The maximum atomic E-state index is 13.0. The summed E-state index contributed by atoms with van der Waals surface area (Å²) in [6, 6.07) is 13.1. The fraction of sp³-hybridized carbons (Fsp3) is 0.429. The molecule has 1 aliphatic heterocycles. The van der Waals surface area contributed by atoms with Gasteiger partial charge in [-0.2, -0.15) is 0 Å². The lowest BCUT2D eigenvalue weighted by molar-refractivity contribution is 0.460. The number of guanidine groups is 1. The Bertz CT molecular complexity index is 736. The monoisotopic (exact) mass is 529 g/mol. The molecule has 0 spiro atoms. The van der Waals surface area contributed by atoms with Crippen molar-refractivity contribution >= 4 is 47.5 Å². The Labute approximate surface area is 194 Å². The van der Waals surface area contributed by atoms with Crippen molar-refractivity contribution in [1.82, 2.24) is 15.6 Å². The molecule has 0 aliphatic carbocycles. The maximum Gasteiger partial charge on any atom is 0.191 e. The van der Waals surface area contributed by atoms with Crippen LogP contribution in [0, 0.1) is 5.82 Å². The Morgan fingerprint density at radius 3 is 2.62 bits per heavy atom. The molecule has 2 aromatic rings. The second-order valence-electron chi connectivity index (χ2n) is 6.66. The molecule has 0 saturated carbocycles. The molecule has 1 fully saturated rings. The number of pyridine rings is 1. The van der Waals surface area contributed by atoms with Crippen molar-refractivity contribution in [3.05, 3.63) is 54.5 Å². The smallest absolute Gasteiger partial charge is 0.191 e. The van der Waals surface area contributed by atoms with Gasteiger partial charge in [0.1, 0.15) is 11.6 Å². The molecule has 1 aliphatic rings. The molecule has 1 aromatic heterocycles. The zero-order valence-corrected chi connectivity index (χ0v) is 19.8. The molecule has 0 radical (unpaired) electrons. The summed E-state index contributed by atoms with van der Waals surface area (Å²) in [6.45, 7) is 5.62. The van der Waals surface area contributed by atoms with Crippen molar-refractivity contribution in [3.63, 3.8) is 0 Å². The quantitative estimate of drug-likeness (QED) is 0.186. The Hall–Kier alpha value is -1.55. The van der Waals surface area contributed by atoms with Gasteiger partial charge in [0.15, 0.2) is 5.96 Å². The first-order valence-corrected chi connectivity index (χ1v) is 10.8. The van der Waals surface area contributed by atoms with E-state index in [1.165, 1.54) is 12.1 Å². The molecule has 2 heterocycles. The second kappa shape index (κ2) is 12.9. The van der Waals surface area contributed by atoms with E-state index in [0.717, 1.165) is 54.9 Å². The van der Waals surface area contributed by atoms with Crippen LogP contribution < -0.4 is 15.5 Å².